The first-order valence-electron chi connectivity index (χ1n) is 7.22. The van der Waals surface area contributed by atoms with Crippen molar-refractivity contribution < 1.29 is 9.53 Å². The Balaban J connectivity index is 1.53. The fourth-order valence-electron chi connectivity index (χ4n) is 2.60. The van der Waals surface area contributed by atoms with E-state index < -0.39 is 6.03 Å². The molecule has 0 aliphatic carbocycles. The number of fused-ring (bicyclic) bond motifs is 2. The van der Waals surface area contributed by atoms with E-state index >= 15 is 0 Å². The van der Waals surface area contributed by atoms with E-state index in [1.807, 2.05) is 18.2 Å². The van der Waals surface area contributed by atoms with E-state index in [0.29, 0.717) is 23.4 Å². The maximum absolute atomic E-state index is 12.3. The molecule has 0 unspecified atom stereocenters. The maximum atomic E-state index is 12.3. The Morgan fingerprint density at radius 2 is 2.30 bits per heavy atom. The molecule has 116 valence electrons. The fourth-order valence-corrected chi connectivity index (χ4v) is 3.46. The van der Waals surface area contributed by atoms with Crippen molar-refractivity contribution in [3.8, 4) is 5.75 Å². The van der Waals surface area contributed by atoms with Crippen molar-refractivity contribution in [1.82, 2.24) is 14.3 Å². The Hall–Kier alpha value is -2.67. The molecule has 7 heteroatoms. The number of ether oxygens (including phenoxy) is 1. The molecule has 0 saturated carbocycles. The molecule has 1 amide bonds. The molecule has 0 radical (unpaired) electrons. The van der Waals surface area contributed by atoms with E-state index in [9.17, 15) is 9.59 Å². The van der Waals surface area contributed by atoms with Gasteiger partial charge in [-0.25, -0.2) is 9.78 Å². The third kappa shape index (κ3) is 2.49. The van der Waals surface area contributed by atoms with Gasteiger partial charge >= 0.3 is 6.03 Å². The van der Waals surface area contributed by atoms with E-state index in [0.717, 1.165) is 38.8 Å². The van der Waals surface area contributed by atoms with Crippen LogP contribution in [0, 0.1) is 0 Å². The number of aromatic nitrogens is 2. The lowest BCUT2D eigenvalue weighted by molar-refractivity contribution is 0.243. The molecule has 4 rings (SSSR count). The van der Waals surface area contributed by atoms with Gasteiger partial charge in [-0.1, -0.05) is 12.1 Å². The Morgan fingerprint density at radius 1 is 1.39 bits per heavy atom. The van der Waals surface area contributed by atoms with Crippen molar-refractivity contribution >= 4 is 27.8 Å². The molecule has 1 aliphatic rings. The molecule has 0 fully saturated rings. The van der Waals surface area contributed by atoms with Crippen molar-refractivity contribution in [1.29, 1.82) is 0 Å². The highest BCUT2D eigenvalue weighted by Crippen LogP contribution is 2.25. The predicted octanol–water partition coefficient (Wildman–Crippen LogP) is 2.15. The molecule has 3 heterocycles. The highest BCUT2D eigenvalue weighted by Gasteiger charge is 2.15. The van der Waals surface area contributed by atoms with Crippen LogP contribution in [0.4, 0.5) is 4.79 Å². The minimum atomic E-state index is -0.435. The molecule has 2 aromatic heterocycles. The Bertz CT molecular complexity index is 961. The van der Waals surface area contributed by atoms with Gasteiger partial charge in [-0.2, -0.15) is 3.96 Å². The minimum absolute atomic E-state index is 0.335. The van der Waals surface area contributed by atoms with Crippen molar-refractivity contribution in [3.63, 3.8) is 0 Å². The first-order chi connectivity index (χ1) is 11.2. The van der Waals surface area contributed by atoms with Crippen LogP contribution in [0.5, 0.6) is 5.75 Å². The molecule has 1 N–H and O–H groups in total. The summed E-state index contributed by atoms with van der Waals surface area (Å²) in [6.07, 6.45) is 2.49. The number of hydrogen-bond donors (Lipinski definition) is 1. The molecule has 0 saturated heterocycles. The van der Waals surface area contributed by atoms with Crippen molar-refractivity contribution in [3.05, 3.63) is 58.0 Å². The highest BCUT2D eigenvalue weighted by atomic mass is 32.1. The molecule has 1 aromatic carbocycles. The van der Waals surface area contributed by atoms with Gasteiger partial charge in [0, 0.05) is 19.2 Å². The quantitative estimate of drug-likeness (QED) is 0.783. The van der Waals surface area contributed by atoms with E-state index in [4.69, 9.17) is 4.74 Å². The van der Waals surface area contributed by atoms with Crippen molar-refractivity contribution in [2.75, 3.05) is 6.61 Å². The van der Waals surface area contributed by atoms with Crippen LogP contribution in [0.2, 0.25) is 0 Å². The summed E-state index contributed by atoms with van der Waals surface area (Å²) >= 11 is 1.05. The summed E-state index contributed by atoms with van der Waals surface area (Å²) in [5.74, 6) is 0.909. The van der Waals surface area contributed by atoms with Crippen molar-refractivity contribution in [2.24, 2.45) is 0 Å². The van der Waals surface area contributed by atoms with Crippen LogP contribution in [0.25, 0.3) is 10.2 Å². The Kier molecular flexibility index (Phi) is 3.34. The van der Waals surface area contributed by atoms with E-state index in [1.54, 1.807) is 18.3 Å². The summed E-state index contributed by atoms with van der Waals surface area (Å²) in [6.45, 7) is 1.07. The smallest absolute Gasteiger partial charge is 0.338 e. The van der Waals surface area contributed by atoms with Gasteiger partial charge in [0.05, 0.1) is 12.0 Å². The first-order valence-corrected chi connectivity index (χ1v) is 7.99. The molecule has 6 nitrogen and oxygen atoms in total. The average molecular weight is 327 g/mol. The SMILES string of the molecule is O=C(NCc1ccc2c(c1)CCO2)n1sc2ncccc2c1=O. The number of carbonyl (C=O) groups is 1. The maximum Gasteiger partial charge on any atom is 0.338 e. The lowest BCUT2D eigenvalue weighted by atomic mass is 10.1. The van der Waals surface area contributed by atoms with E-state index in [-0.39, 0.29) is 5.56 Å². The number of nitrogens with one attached hydrogen (secondary N) is 1. The molecule has 0 atom stereocenters. The van der Waals surface area contributed by atoms with Gasteiger partial charge in [0.2, 0.25) is 0 Å². The highest BCUT2D eigenvalue weighted by molar-refractivity contribution is 7.14. The van der Waals surface area contributed by atoms with E-state index in [2.05, 4.69) is 10.3 Å². The first kappa shape index (κ1) is 14.0. The molecule has 0 spiro atoms. The van der Waals surface area contributed by atoms with Crippen LogP contribution < -0.4 is 15.6 Å². The molecule has 0 bridgehead atoms. The van der Waals surface area contributed by atoms with E-state index in [1.165, 1.54) is 0 Å². The van der Waals surface area contributed by atoms with Gasteiger partial charge in [0.1, 0.15) is 10.6 Å². The second-order valence-electron chi connectivity index (χ2n) is 5.25. The topological polar surface area (TPSA) is 73.2 Å². The predicted molar refractivity (Wildman–Crippen MR) is 87.2 cm³/mol. The number of carbonyl (C=O) groups excluding carboxylic acids is 1. The molecular formula is C16H13N3O3S. The van der Waals surface area contributed by atoms with Gasteiger partial charge in [-0.05, 0) is 40.9 Å². The molecule has 23 heavy (non-hydrogen) atoms. The summed E-state index contributed by atoms with van der Waals surface area (Å²) in [7, 11) is 0. The standard InChI is InChI=1S/C16H13N3O3S/c20-15-12-2-1-6-17-14(12)23-19(15)16(21)18-9-10-3-4-13-11(8-10)5-7-22-13/h1-4,6,8H,5,7,9H2,(H,18,21). The van der Waals surface area contributed by atoms with Gasteiger partial charge in [-0.3, -0.25) is 4.79 Å². The minimum Gasteiger partial charge on any atom is -0.493 e. The van der Waals surface area contributed by atoms with Crippen LogP contribution in [0.15, 0.2) is 41.3 Å². The summed E-state index contributed by atoms with van der Waals surface area (Å²) in [5.41, 5.74) is 1.80. The van der Waals surface area contributed by atoms with Gasteiger partial charge < -0.3 is 10.1 Å². The summed E-state index contributed by atoms with van der Waals surface area (Å²) in [6, 6.07) is 8.78. The van der Waals surface area contributed by atoms with Crippen LogP contribution in [-0.2, 0) is 13.0 Å². The number of nitrogens with zero attached hydrogens (tertiary/aromatic N) is 2. The number of pyridine rings is 1. The monoisotopic (exact) mass is 327 g/mol. The number of benzene rings is 1. The van der Waals surface area contributed by atoms with Crippen LogP contribution in [-0.4, -0.2) is 21.6 Å². The fraction of sp³-hybridized carbons (Fsp3) is 0.188. The summed E-state index contributed by atoms with van der Waals surface area (Å²) in [4.78, 5) is 29.1. The third-order valence-electron chi connectivity index (χ3n) is 3.75. The largest absolute Gasteiger partial charge is 0.493 e. The number of amides is 1. The molecular weight excluding hydrogens is 314 g/mol. The average Bonchev–Trinajstić information content (AvgIpc) is 3.17. The zero-order valence-electron chi connectivity index (χ0n) is 12.1. The molecule has 3 aromatic rings. The molecule has 1 aliphatic heterocycles. The second kappa shape index (κ2) is 5.51. The van der Waals surface area contributed by atoms with Crippen LogP contribution in [0.3, 0.4) is 0 Å². The Morgan fingerprint density at radius 3 is 3.17 bits per heavy atom. The Labute approximate surface area is 135 Å². The zero-order chi connectivity index (χ0) is 15.8. The second-order valence-corrected chi connectivity index (χ2v) is 6.18. The lowest BCUT2D eigenvalue weighted by Crippen LogP contribution is -2.32. The summed E-state index contributed by atoms with van der Waals surface area (Å²) < 4.78 is 6.56. The zero-order valence-corrected chi connectivity index (χ0v) is 12.9. The summed E-state index contributed by atoms with van der Waals surface area (Å²) in [5, 5.41) is 3.23. The van der Waals surface area contributed by atoms with Gasteiger partial charge in [-0.15, -0.1) is 0 Å². The lowest BCUT2D eigenvalue weighted by Gasteiger charge is -2.06. The van der Waals surface area contributed by atoms with Gasteiger partial charge in [0.25, 0.3) is 5.56 Å². The third-order valence-corrected chi connectivity index (χ3v) is 4.76. The van der Waals surface area contributed by atoms with Crippen molar-refractivity contribution in [2.45, 2.75) is 13.0 Å². The number of rotatable bonds is 2. The van der Waals surface area contributed by atoms with Crippen LogP contribution in [0.1, 0.15) is 11.1 Å². The van der Waals surface area contributed by atoms with Gasteiger partial charge in [0.15, 0.2) is 0 Å². The van der Waals surface area contributed by atoms with Crippen LogP contribution >= 0.6 is 11.5 Å². The number of hydrogen-bond acceptors (Lipinski definition) is 5. The normalized spacial score (nSPS) is 12.9.